The Morgan fingerprint density at radius 3 is 1.08 bits per heavy atom. The van der Waals surface area contributed by atoms with Gasteiger partial charge < -0.3 is 28.5 Å². The molecule has 0 saturated carbocycles. The number of hydrogen-bond donors (Lipinski definition) is 1. The number of esters is 2. The lowest BCUT2D eigenvalue weighted by atomic mass is 10.1. The van der Waals surface area contributed by atoms with Crippen molar-refractivity contribution in [2.45, 2.75) is 232 Å². The van der Waals surface area contributed by atoms with Gasteiger partial charge >= 0.3 is 17.9 Å². The number of allylic oxidation sites excluding steroid dienone is 24. The van der Waals surface area contributed by atoms with Crippen LogP contribution in [0.5, 0.6) is 0 Å². The third-order valence-corrected chi connectivity index (χ3v) is 12.6. The molecule has 9 heteroatoms. The van der Waals surface area contributed by atoms with Gasteiger partial charge in [-0.3, -0.25) is 9.59 Å². The standard InChI is InChI=1S/C70H113NO8/c1-6-8-10-12-14-16-18-20-22-24-26-28-29-30-31-32-33-34-35-36-37-38-39-41-43-45-47-49-51-53-55-57-59-61-68(73)79-66(65-78-70(69(74)75)76-63-62-71(3,4)5)64-77-67(72)60-58-56-54-52-50-48-46-44-42-40-27-25-23-21-19-17-15-13-11-9-7-2/h8,10,14,16,19-22,25-28,30-31,33-34,36-37,39,41-42,44-45,47,66,70H,6-7,9,11-13,15,17-18,23-24,29,32,35,38,40,43,46,48-65H2,1-5H3/p+1/b10-8-,16-14-,21-19-,22-20-,27-25-,28-26-,31-30-,34-33-,37-36-,41-39-,44-42-,47-45-. The van der Waals surface area contributed by atoms with E-state index in [0.29, 0.717) is 17.4 Å². The molecule has 0 aliphatic rings. The van der Waals surface area contributed by atoms with E-state index in [2.05, 4.69) is 160 Å². The van der Waals surface area contributed by atoms with Crippen LogP contribution in [0.2, 0.25) is 0 Å². The minimum atomic E-state index is -1.53. The Balaban J connectivity index is 4.33. The molecule has 2 unspecified atom stereocenters. The highest BCUT2D eigenvalue weighted by atomic mass is 16.7. The summed E-state index contributed by atoms with van der Waals surface area (Å²) in [6, 6.07) is 0. The lowest BCUT2D eigenvalue weighted by Gasteiger charge is -2.25. The van der Waals surface area contributed by atoms with Crippen LogP contribution in [0.3, 0.4) is 0 Å². The van der Waals surface area contributed by atoms with Crippen LogP contribution in [0.1, 0.15) is 219 Å². The van der Waals surface area contributed by atoms with Crippen molar-refractivity contribution in [3.05, 3.63) is 146 Å². The topological polar surface area (TPSA) is 108 Å². The van der Waals surface area contributed by atoms with Crippen molar-refractivity contribution >= 4 is 17.9 Å². The Hall–Kier alpha value is -4.83. The zero-order valence-corrected chi connectivity index (χ0v) is 50.7. The van der Waals surface area contributed by atoms with Gasteiger partial charge in [0.1, 0.15) is 13.2 Å². The van der Waals surface area contributed by atoms with E-state index in [1.807, 2.05) is 21.1 Å². The Morgan fingerprint density at radius 1 is 0.392 bits per heavy atom. The minimum absolute atomic E-state index is 0.173. The number of quaternary nitrogens is 1. The SMILES string of the molecule is CC/C=C\C/C=C\C/C=C\C/C=C\C/C=C\C/C=C\C/C=C\C/C=C\C/C=C\CCCCCCCC(=O)OC(COC(=O)CCCCCCCC/C=C\C/C=C\C/C=C\CCCCCCC)COC(OCC[N+](C)(C)C)C(=O)O. The van der Waals surface area contributed by atoms with Gasteiger partial charge in [-0.1, -0.05) is 230 Å². The molecule has 2 atom stereocenters. The molecule has 0 bridgehead atoms. The Kier molecular flexibility index (Phi) is 55.7. The summed E-state index contributed by atoms with van der Waals surface area (Å²) >= 11 is 0. The van der Waals surface area contributed by atoms with Gasteiger partial charge in [-0.2, -0.15) is 0 Å². The third kappa shape index (κ3) is 60.7. The average molecular weight is 1100 g/mol. The molecule has 79 heavy (non-hydrogen) atoms. The first-order valence-electron chi connectivity index (χ1n) is 31.0. The number of unbranched alkanes of at least 4 members (excludes halogenated alkanes) is 16. The second-order valence-electron chi connectivity index (χ2n) is 21.3. The van der Waals surface area contributed by atoms with Crippen molar-refractivity contribution in [1.29, 1.82) is 0 Å². The minimum Gasteiger partial charge on any atom is -0.477 e. The second kappa shape index (κ2) is 59.3. The van der Waals surface area contributed by atoms with Crippen molar-refractivity contribution in [1.82, 2.24) is 0 Å². The average Bonchev–Trinajstić information content (AvgIpc) is 3.42. The van der Waals surface area contributed by atoms with Crippen molar-refractivity contribution in [2.75, 3.05) is 47.5 Å². The molecule has 0 saturated heterocycles. The summed E-state index contributed by atoms with van der Waals surface area (Å²) in [7, 11) is 5.95. The van der Waals surface area contributed by atoms with Crippen LogP contribution in [-0.2, 0) is 33.3 Å². The molecule has 0 fully saturated rings. The highest BCUT2D eigenvalue weighted by Gasteiger charge is 2.25. The molecule has 9 nitrogen and oxygen atoms in total. The number of likely N-dealkylation sites (N-methyl/N-ethyl adjacent to an activating group) is 1. The number of rotatable bonds is 55. The number of carbonyl (C=O) groups is 3. The zero-order chi connectivity index (χ0) is 57.6. The smallest absolute Gasteiger partial charge is 0.361 e. The van der Waals surface area contributed by atoms with E-state index in [1.54, 1.807) is 0 Å². The molecule has 0 radical (unpaired) electrons. The van der Waals surface area contributed by atoms with Crippen molar-refractivity contribution in [3.8, 4) is 0 Å². The van der Waals surface area contributed by atoms with E-state index < -0.39 is 24.3 Å². The molecular formula is C70H114NO8+. The van der Waals surface area contributed by atoms with Crippen LogP contribution in [-0.4, -0.2) is 87.4 Å². The predicted octanol–water partition coefficient (Wildman–Crippen LogP) is 18.8. The monoisotopic (exact) mass is 1100 g/mol. The van der Waals surface area contributed by atoms with E-state index in [1.165, 1.54) is 51.4 Å². The van der Waals surface area contributed by atoms with Gasteiger partial charge in [0, 0.05) is 12.8 Å². The summed E-state index contributed by atoms with van der Waals surface area (Å²) in [5.74, 6) is -2.07. The normalized spacial score (nSPS) is 13.8. The third-order valence-electron chi connectivity index (χ3n) is 12.6. The molecule has 0 aliphatic heterocycles. The number of ether oxygens (including phenoxy) is 4. The highest BCUT2D eigenvalue weighted by molar-refractivity contribution is 5.71. The summed E-state index contributed by atoms with van der Waals surface area (Å²) < 4.78 is 22.9. The molecule has 446 valence electrons. The lowest BCUT2D eigenvalue weighted by molar-refractivity contribution is -0.870. The molecule has 0 spiro atoms. The fourth-order valence-corrected chi connectivity index (χ4v) is 7.83. The van der Waals surface area contributed by atoms with Crippen LogP contribution in [0.15, 0.2) is 146 Å². The van der Waals surface area contributed by atoms with Gasteiger partial charge in [-0.05, 0) is 122 Å². The number of aliphatic carboxylic acids is 1. The van der Waals surface area contributed by atoms with Crippen molar-refractivity contribution in [3.63, 3.8) is 0 Å². The second-order valence-corrected chi connectivity index (χ2v) is 21.3. The van der Waals surface area contributed by atoms with Crippen LogP contribution in [0, 0.1) is 0 Å². The fraction of sp³-hybridized carbons (Fsp3) is 0.614. The van der Waals surface area contributed by atoms with Gasteiger partial charge in [0.2, 0.25) is 0 Å². The Morgan fingerprint density at radius 2 is 0.722 bits per heavy atom. The van der Waals surface area contributed by atoms with E-state index in [4.69, 9.17) is 18.9 Å². The molecule has 0 aromatic heterocycles. The lowest BCUT2D eigenvalue weighted by Crippen LogP contribution is -2.40. The first kappa shape index (κ1) is 74.2. The first-order valence-corrected chi connectivity index (χ1v) is 31.0. The van der Waals surface area contributed by atoms with Gasteiger partial charge in [-0.15, -0.1) is 0 Å². The van der Waals surface area contributed by atoms with E-state index in [0.717, 1.165) is 135 Å². The van der Waals surface area contributed by atoms with Crippen LogP contribution < -0.4 is 0 Å². The fourth-order valence-electron chi connectivity index (χ4n) is 7.83. The molecule has 0 heterocycles. The van der Waals surface area contributed by atoms with E-state index in [9.17, 15) is 19.5 Å². The summed E-state index contributed by atoms with van der Waals surface area (Å²) in [5.41, 5.74) is 0. The Labute approximate surface area is 483 Å². The summed E-state index contributed by atoms with van der Waals surface area (Å²) in [6.45, 7) is 4.69. The van der Waals surface area contributed by atoms with E-state index >= 15 is 0 Å². The predicted molar refractivity (Wildman–Crippen MR) is 336 cm³/mol. The summed E-state index contributed by atoms with van der Waals surface area (Å²) in [5, 5.41) is 9.72. The molecule has 0 amide bonds. The van der Waals surface area contributed by atoms with Crippen LogP contribution in [0.4, 0.5) is 0 Å². The first-order chi connectivity index (χ1) is 38.6. The van der Waals surface area contributed by atoms with Crippen LogP contribution in [0.25, 0.3) is 0 Å². The number of carbonyl (C=O) groups excluding carboxylic acids is 2. The maximum absolute atomic E-state index is 12.9. The molecule has 0 rings (SSSR count). The summed E-state index contributed by atoms with van der Waals surface area (Å²) in [4.78, 5) is 37.5. The van der Waals surface area contributed by atoms with Crippen molar-refractivity contribution < 1.29 is 42.9 Å². The highest BCUT2D eigenvalue weighted by Crippen LogP contribution is 2.13. The molecule has 0 aromatic carbocycles. The number of hydrogen-bond acceptors (Lipinski definition) is 7. The van der Waals surface area contributed by atoms with Gasteiger partial charge in [0.05, 0.1) is 34.4 Å². The number of nitrogens with zero attached hydrogens (tertiary/aromatic N) is 1. The van der Waals surface area contributed by atoms with E-state index in [-0.39, 0.29) is 38.6 Å². The number of carboxylic acids is 1. The molecule has 1 N–H and O–H groups in total. The number of carboxylic acid groups (broad SMARTS) is 1. The maximum atomic E-state index is 12.9. The molecule has 0 aromatic rings. The zero-order valence-electron chi connectivity index (χ0n) is 50.7. The van der Waals surface area contributed by atoms with Crippen molar-refractivity contribution in [2.24, 2.45) is 0 Å². The van der Waals surface area contributed by atoms with Gasteiger partial charge in [0.25, 0.3) is 6.29 Å². The van der Waals surface area contributed by atoms with Crippen LogP contribution >= 0.6 is 0 Å². The summed E-state index contributed by atoms with van der Waals surface area (Å²) in [6.07, 6.45) is 83.5. The molecular weight excluding hydrogens is 983 g/mol. The van der Waals surface area contributed by atoms with Gasteiger partial charge in [-0.25, -0.2) is 4.79 Å². The van der Waals surface area contributed by atoms with Gasteiger partial charge in [0.15, 0.2) is 6.10 Å². The largest absolute Gasteiger partial charge is 0.477 e. The maximum Gasteiger partial charge on any atom is 0.361 e. The quantitative estimate of drug-likeness (QED) is 0.0211. The molecule has 0 aliphatic carbocycles. The Bertz CT molecular complexity index is 1800.